The summed E-state index contributed by atoms with van der Waals surface area (Å²) in [6.45, 7) is 1.72. The minimum absolute atomic E-state index is 0.0348. The van der Waals surface area contributed by atoms with Crippen LogP contribution in [-0.2, 0) is 20.7 Å². The lowest BCUT2D eigenvalue weighted by atomic mass is 10.00. The van der Waals surface area contributed by atoms with Crippen LogP contribution in [0, 0.1) is 0 Å². The van der Waals surface area contributed by atoms with Gasteiger partial charge in [0.1, 0.15) is 29.3 Å². The van der Waals surface area contributed by atoms with Crippen molar-refractivity contribution >= 4 is 23.4 Å². The van der Waals surface area contributed by atoms with Crippen LogP contribution in [0.2, 0.25) is 5.02 Å². The van der Waals surface area contributed by atoms with Crippen molar-refractivity contribution in [3.63, 3.8) is 0 Å². The first kappa shape index (κ1) is 17.5. The topological polar surface area (TPSA) is 96.4 Å². The standard InChI is InChI=1S/C18H17ClO6/c1-9-6-15-14(25-15)5-3-2-4-10(20)7-11-16(18(23)24-9)12(21)8-13(22)17(11)19/h2-5,8-9,14-15,21-22H,6-7H2,1H3/b4-2+,5-3-/t9-,14?,15+/m0/s1. The minimum atomic E-state index is -0.802. The molecule has 0 bridgehead atoms. The number of benzene rings is 1. The number of rotatable bonds is 0. The van der Waals surface area contributed by atoms with Crippen molar-refractivity contribution in [1.29, 1.82) is 0 Å². The Morgan fingerprint density at radius 1 is 1.20 bits per heavy atom. The highest BCUT2D eigenvalue weighted by atomic mass is 35.5. The maximum Gasteiger partial charge on any atom is 0.342 e. The van der Waals surface area contributed by atoms with Crippen LogP contribution < -0.4 is 0 Å². The Bertz CT molecular complexity index is 782. The average Bonchev–Trinajstić information content (AvgIpc) is 3.25. The zero-order chi connectivity index (χ0) is 18.1. The van der Waals surface area contributed by atoms with Gasteiger partial charge in [-0.25, -0.2) is 4.79 Å². The molecule has 0 radical (unpaired) electrons. The van der Waals surface area contributed by atoms with Gasteiger partial charge in [-0.15, -0.1) is 0 Å². The molecule has 2 aliphatic rings. The van der Waals surface area contributed by atoms with E-state index in [0.29, 0.717) is 6.42 Å². The summed E-state index contributed by atoms with van der Waals surface area (Å²) in [5, 5.41) is 19.7. The molecule has 1 fully saturated rings. The predicted molar refractivity (Wildman–Crippen MR) is 89.9 cm³/mol. The highest BCUT2D eigenvalue weighted by Crippen LogP contribution is 2.37. The maximum atomic E-state index is 12.5. The first-order chi connectivity index (χ1) is 11.9. The minimum Gasteiger partial charge on any atom is -0.507 e. The van der Waals surface area contributed by atoms with Crippen LogP contribution in [0.4, 0.5) is 0 Å². The van der Waals surface area contributed by atoms with Gasteiger partial charge in [0.15, 0.2) is 5.78 Å². The molecular weight excluding hydrogens is 348 g/mol. The number of hydrogen-bond acceptors (Lipinski definition) is 6. The molecule has 1 saturated heterocycles. The molecule has 0 aliphatic carbocycles. The van der Waals surface area contributed by atoms with Crippen LogP contribution in [-0.4, -0.2) is 40.3 Å². The molecule has 0 aromatic heterocycles. The lowest BCUT2D eigenvalue weighted by Crippen LogP contribution is -2.19. The smallest absolute Gasteiger partial charge is 0.342 e. The van der Waals surface area contributed by atoms with Crippen molar-refractivity contribution in [2.75, 3.05) is 0 Å². The van der Waals surface area contributed by atoms with Gasteiger partial charge in [0.05, 0.1) is 11.1 Å². The number of fused-ring (bicyclic) bond motifs is 2. The van der Waals surface area contributed by atoms with Gasteiger partial charge in [0.25, 0.3) is 0 Å². The molecule has 0 amide bonds. The number of carbonyl (C=O) groups is 2. The Morgan fingerprint density at radius 2 is 1.96 bits per heavy atom. The Balaban J connectivity index is 2.01. The second-order valence-corrected chi connectivity index (χ2v) is 6.44. The predicted octanol–water partition coefficient (Wildman–Crippen LogP) is 2.69. The number of ether oxygens (including phenoxy) is 2. The van der Waals surface area contributed by atoms with Crippen molar-refractivity contribution in [3.05, 3.63) is 46.5 Å². The molecule has 3 rings (SSSR count). The van der Waals surface area contributed by atoms with Crippen molar-refractivity contribution < 1.29 is 29.3 Å². The number of aromatic hydroxyl groups is 2. The molecule has 2 aliphatic heterocycles. The summed E-state index contributed by atoms with van der Waals surface area (Å²) in [5.41, 5.74) is -0.176. The first-order valence-electron chi connectivity index (χ1n) is 7.84. The average molecular weight is 365 g/mol. The Kier molecular flexibility index (Phi) is 4.83. The highest BCUT2D eigenvalue weighted by Gasteiger charge is 2.38. The summed E-state index contributed by atoms with van der Waals surface area (Å²) in [7, 11) is 0. The van der Waals surface area contributed by atoms with Gasteiger partial charge in [-0.3, -0.25) is 4.79 Å². The van der Waals surface area contributed by atoms with Crippen molar-refractivity contribution in [3.8, 4) is 11.5 Å². The summed E-state index contributed by atoms with van der Waals surface area (Å²) in [6.07, 6.45) is 6.13. The number of epoxide rings is 1. The fraction of sp³-hybridized carbons (Fsp3) is 0.333. The fourth-order valence-electron chi connectivity index (χ4n) is 2.78. The molecule has 3 atom stereocenters. The molecule has 2 heterocycles. The van der Waals surface area contributed by atoms with Gasteiger partial charge in [0.2, 0.25) is 0 Å². The molecule has 25 heavy (non-hydrogen) atoms. The molecular formula is C18H17ClO6. The summed E-state index contributed by atoms with van der Waals surface area (Å²) in [4.78, 5) is 24.6. The van der Waals surface area contributed by atoms with E-state index in [0.717, 1.165) is 6.07 Å². The monoisotopic (exact) mass is 364 g/mol. The van der Waals surface area contributed by atoms with E-state index in [1.807, 2.05) is 6.08 Å². The van der Waals surface area contributed by atoms with Gasteiger partial charge in [0, 0.05) is 24.5 Å². The lowest BCUT2D eigenvalue weighted by Gasteiger charge is -2.16. The third-order valence-electron chi connectivity index (χ3n) is 4.06. The summed E-state index contributed by atoms with van der Waals surface area (Å²) in [6, 6.07) is 0.958. The molecule has 0 saturated carbocycles. The van der Waals surface area contributed by atoms with Crippen molar-refractivity contribution in [1.82, 2.24) is 0 Å². The van der Waals surface area contributed by atoms with E-state index in [1.165, 1.54) is 6.08 Å². The quantitative estimate of drug-likeness (QED) is 0.542. The molecule has 1 unspecified atom stereocenters. The van der Waals surface area contributed by atoms with E-state index < -0.39 is 23.6 Å². The third-order valence-corrected chi connectivity index (χ3v) is 4.49. The SMILES string of the molecule is C[C@H]1C[C@H]2OC2/C=C\C=C\C(=O)Cc2c(Cl)c(O)cc(O)c2C(=O)O1. The number of ketones is 1. The number of carbonyl (C=O) groups excluding carboxylic acids is 2. The van der Waals surface area contributed by atoms with E-state index in [-0.39, 0.29) is 40.6 Å². The van der Waals surface area contributed by atoms with Crippen LogP contribution >= 0.6 is 11.6 Å². The molecule has 6 nitrogen and oxygen atoms in total. The highest BCUT2D eigenvalue weighted by molar-refractivity contribution is 6.33. The zero-order valence-electron chi connectivity index (χ0n) is 13.4. The Morgan fingerprint density at radius 3 is 2.72 bits per heavy atom. The zero-order valence-corrected chi connectivity index (χ0v) is 14.2. The van der Waals surface area contributed by atoms with Crippen LogP contribution in [0.1, 0.15) is 29.3 Å². The molecule has 7 heteroatoms. The largest absolute Gasteiger partial charge is 0.507 e. The van der Waals surface area contributed by atoms with E-state index in [2.05, 4.69) is 0 Å². The summed E-state index contributed by atoms with van der Waals surface area (Å²) < 4.78 is 10.8. The van der Waals surface area contributed by atoms with Crippen LogP contribution in [0.5, 0.6) is 11.5 Å². The van der Waals surface area contributed by atoms with Gasteiger partial charge < -0.3 is 19.7 Å². The van der Waals surface area contributed by atoms with E-state index in [9.17, 15) is 19.8 Å². The summed E-state index contributed by atoms with van der Waals surface area (Å²) in [5.74, 6) is -2.04. The normalized spacial score (nSPS) is 29.0. The second-order valence-electron chi connectivity index (χ2n) is 6.06. The number of allylic oxidation sites excluding steroid dienone is 3. The first-order valence-corrected chi connectivity index (χ1v) is 8.22. The Hall–Kier alpha value is -2.31. The van der Waals surface area contributed by atoms with Gasteiger partial charge in [-0.05, 0) is 13.0 Å². The van der Waals surface area contributed by atoms with Crippen LogP contribution in [0.15, 0.2) is 30.4 Å². The van der Waals surface area contributed by atoms with E-state index in [1.54, 1.807) is 19.1 Å². The lowest BCUT2D eigenvalue weighted by molar-refractivity contribution is -0.114. The van der Waals surface area contributed by atoms with Gasteiger partial charge in [-0.1, -0.05) is 29.8 Å². The second kappa shape index (κ2) is 6.90. The number of phenols is 2. The Labute approximate surface area is 149 Å². The third kappa shape index (κ3) is 3.86. The fourth-order valence-corrected chi connectivity index (χ4v) is 3.00. The number of hydrogen-bond donors (Lipinski definition) is 2. The van der Waals surface area contributed by atoms with E-state index in [4.69, 9.17) is 21.1 Å². The number of halogens is 1. The van der Waals surface area contributed by atoms with E-state index >= 15 is 0 Å². The molecule has 2 N–H and O–H groups in total. The molecule has 132 valence electrons. The number of esters is 1. The maximum absolute atomic E-state index is 12.5. The van der Waals surface area contributed by atoms with Crippen molar-refractivity contribution in [2.45, 2.75) is 38.1 Å². The molecule has 1 aromatic carbocycles. The number of phenolic OH excluding ortho intramolecular Hbond substituents is 2. The molecule has 1 aromatic rings. The number of cyclic esters (lactones) is 1. The summed E-state index contributed by atoms with van der Waals surface area (Å²) >= 11 is 6.05. The van der Waals surface area contributed by atoms with Crippen molar-refractivity contribution in [2.24, 2.45) is 0 Å². The molecule has 0 spiro atoms. The van der Waals surface area contributed by atoms with Crippen LogP contribution in [0.25, 0.3) is 0 Å². The van der Waals surface area contributed by atoms with Crippen LogP contribution in [0.3, 0.4) is 0 Å². The van der Waals surface area contributed by atoms with Gasteiger partial charge >= 0.3 is 5.97 Å². The van der Waals surface area contributed by atoms with Gasteiger partial charge in [-0.2, -0.15) is 0 Å².